The lowest BCUT2D eigenvalue weighted by molar-refractivity contribution is 0.442. The summed E-state index contributed by atoms with van der Waals surface area (Å²) in [6, 6.07) is 0. The van der Waals surface area contributed by atoms with Crippen LogP contribution in [0.5, 0.6) is 0 Å². The van der Waals surface area contributed by atoms with Crippen LogP contribution in [-0.2, 0) is 0 Å². The quantitative estimate of drug-likeness (QED) is 0.679. The van der Waals surface area contributed by atoms with Gasteiger partial charge < -0.3 is 0 Å². The topological polar surface area (TPSA) is 12.9 Å². The van der Waals surface area contributed by atoms with Gasteiger partial charge in [0.1, 0.15) is 0 Å². The van der Waals surface area contributed by atoms with E-state index in [9.17, 15) is 0 Å². The summed E-state index contributed by atoms with van der Waals surface area (Å²) >= 11 is 1.94. The van der Waals surface area contributed by atoms with Gasteiger partial charge >= 0.3 is 0 Å². The average Bonchev–Trinajstić information content (AvgIpc) is 2.82. The predicted molar refractivity (Wildman–Crippen MR) is 73.4 cm³/mol. The Labute approximate surface area is 104 Å². The van der Waals surface area contributed by atoms with Crippen molar-refractivity contribution in [3.63, 3.8) is 0 Å². The molecule has 1 nitrogen and oxygen atoms in total. The monoisotopic (exact) mass is 239 g/mol. The van der Waals surface area contributed by atoms with E-state index in [0.29, 0.717) is 5.92 Å². The number of aromatic nitrogens is 1. The van der Waals surface area contributed by atoms with Crippen molar-refractivity contribution >= 4 is 11.3 Å². The lowest BCUT2D eigenvalue weighted by atomic mass is 9.90. The van der Waals surface area contributed by atoms with Gasteiger partial charge in [-0.1, -0.05) is 47.0 Å². The summed E-state index contributed by atoms with van der Waals surface area (Å²) in [6.07, 6.45) is 9.05. The Balaban J connectivity index is 0.000000606. The zero-order valence-electron chi connectivity index (χ0n) is 11.1. The highest BCUT2D eigenvalue weighted by atomic mass is 32.1. The van der Waals surface area contributed by atoms with Crippen LogP contribution in [0, 0.1) is 0 Å². The van der Waals surface area contributed by atoms with Crippen LogP contribution >= 0.6 is 11.3 Å². The molecule has 2 rings (SSSR count). The summed E-state index contributed by atoms with van der Waals surface area (Å²) in [7, 11) is 0. The predicted octanol–water partition coefficient (Wildman–Crippen LogP) is 5.34. The smallest absolute Gasteiger partial charge is 0.0958 e. The minimum atomic E-state index is 0.643. The van der Waals surface area contributed by atoms with Crippen molar-refractivity contribution in [1.82, 2.24) is 4.98 Å². The number of hydrogen-bond acceptors (Lipinski definition) is 2. The molecule has 1 aromatic heterocycles. The molecule has 2 heteroatoms. The molecule has 16 heavy (non-hydrogen) atoms. The summed E-state index contributed by atoms with van der Waals surface area (Å²) in [5.74, 6) is 1.42. The fourth-order valence-electron chi connectivity index (χ4n) is 2.11. The third-order valence-corrected chi connectivity index (χ3v) is 4.53. The van der Waals surface area contributed by atoms with Gasteiger partial charge in [-0.3, -0.25) is 0 Å². The molecule has 0 aromatic carbocycles. The Morgan fingerprint density at radius 1 is 1.19 bits per heavy atom. The zero-order valence-corrected chi connectivity index (χ0v) is 11.9. The second-order valence-electron chi connectivity index (χ2n) is 4.59. The zero-order chi connectivity index (χ0) is 12.0. The van der Waals surface area contributed by atoms with Crippen molar-refractivity contribution < 1.29 is 0 Å². The van der Waals surface area contributed by atoms with E-state index in [1.165, 1.54) is 42.0 Å². The average molecular weight is 239 g/mol. The molecule has 1 saturated carbocycles. The van der Waals surface area contributed by atoms with E-state index in [1.54, 1.807) is 0 Å². The van der Waals surface area contributed by atoms with Crippen molar-refractivity contribution in [2.45, 2.75) is 71.6 Å². The van der Waals surface area contributed by atoms with E-state index < -0.39 is 0 Å². The maximum absolute atomic E-state index is 4.58. The van der Waals surface area contributed by atoms with Gasteiger partial charge in [0.25, 0.3) is 0 Å². The van der Waals surface area contributed by atoms with Crippen LogP contribution in [0.1, 0.15) is 81.5 Å². The Kier molecular flexibility index (Phi) is 6.04. The molecule has 0 bridgehead atoms. The molecule has 0 aliphatic heterocycles. The first-order valence-corrected chi connectivity index (χ1v) is 7.54. The highest BCUT2D eigenvalue weighted by Gasteiger charge is 2.18. The molecule has 0 radical (unpaired) electrons. The van der Waals surface area contributed by atoms with Gasteiger partial charge in [-0.25, -0.2) is 4.98 Å². The third kappa shape index (κ3) is 3.58. The van der Waals surface area contributed by atoms with Crippen molar-refractivity contribution in [3.05, 3.63) is 16.1 Å². The normalized spacial score (nSPS) is 17.1. The minimum absolute atomic E-state index is 0.643. The summed E-state index contributed by atoms with van der Waals surface area (Å²) in [6.45, 7) is 8.50. The van der Waals surface area contributed by atoms with E-state index >= 15 is 0 Å². The molecule has 1 aliphatic carbocycles. The van der Waals surface area contributed by atoms with Crippen LogP contribution in [0.15, 0.2) is 6.20 Å². The Morgan fingerprint density at radius 3 is 2.31 bits per heavy atom. The van der Waals surface area contributed by atoms with Crippen LogP contribution in [0.4, 0.5) is 0 Å². The summed E-state index contributed by atoms with van der Waals surface area (Å²) in [5, 5.41) is 1.40. The molecule has 0 spiro atoms. The van der Waals surface area contributed by atoms with E-state index in [4.69, 9.17) is 0 Å². The first-order valence-electron chi connectivity index (χ1n) is 6.73. The highest BCUT2D eigenvalue weighted by molar-refractivity contribution is 7.11. The van der Waals surface area contributed by atoms with Crippen molar-refractivity contribution in [1.29, 1.82) is 0 Å². The Hall–Kier alpha value is -0.370. The van der Waals surface area contributed by atoms with Crippen molar-refractivity contribution in [2.75, 3.05) is 0 Å². The molecule has 1 fully saturated rings. The number of thiazole rings is 1. The second-order valence-corrected chi connectivity index (χ2v) is 5.68. The Morgan fingerprint density at radius 2 is 1.81 bits per heavy atom. The van der Waals surface area contributed by atoms with E-state index in [2.05, 4.69) is 25.0 Å². The lowest BCUT2D eigenvalue weighted by Gasteiger charge is -2.18. The molecule has 1 aliphatic rings. The van der Waals surface area contributed by atoms with E-state index in [0.717, 1.165) is 5.92 Å². The molecule has 0 N–H and O–H groups in total. The number of hydrogen-bond donors (Lipinski definition) is 0. The molecule has 92 valence electrons. The van der Waals surface area contributed by atoms with Crippen LogP contribution < -0.4 is 0 Å². The fraction of sp³-hybridized carbons (Fsp3) is 0.786. The molecule has 1 heterocycles. The maximum atomic E-state index is 4.58. The Bertz CT molecular complexity index is 285. The van der Waals surface area contributed by atoms with Gasteiger partial charge in [-0.2, -0.15) is 0 Å². The summed E-state index contributed by atoms with van der Waals surface area (Å²) in [5.41, 5.74) is 0. The molecular weight excluding hydrogens is 214 g/mol. The highest BCUT2D eigenvalue weighted by Crippen LogP contribution is 2.36. The summed E-state index contributed by atoms with van der Waals surface area (Å²) in [4.78, 5) is 6.03. The molecular formula is C14H25NS. The van der Waals surface area contributed by atoms with E-state index in [1.807, 2.05) is 25.2 Å². The number of rotatable bonds is 2. The molecule has 0 atom stereocenters. The fourth-order valence-corrected chi connectivity index (χ4v) is 3.20. The molecule has 0 unspecified atom stereocenters. The number of nitrogens with zero attached hydrogens (tertiary/aromatic N) is 1. The minimum Gasteiger partial charge on any atom is -0.249 e. The van der Waals surface area contributed by atoms with Gasteiger partial charge in [0.15, 0.2) is 0 Å². The van der Waals surface area contributed by atoms with Gasteiger partial charge in [-0.05, 0) is 18.8 Å². The summed E-state index contributed by atoms with van der Waals surface area (Å²) < 4.78 is 0. The maximum Gasteiger partial charge on any atom is 0.0958 e. The van der Waals surface area contributed by atoms with Crippen LogP contribution in [0.2, 0.25) is 0 Å². The van der Waals surface area contributed by atoms with Gasteiger partial charge in [0.05, 0.1) is 5.01 Å². The van der Waals surface area contributed by atoms with Crippen molar-refractivity contribution in [3.8, 4) is 0 Å². The first kappa shape index (κ1) is 13.7. The lowest BCUT2D eigenvalue weighted by Crippen LogP contribution is -2.03. The van der Waals surface area contributed by atoms with Gasteiger partial charge in [-0.15, -0.1) is 11.3 Å². The molecule has 0 saturated heterocycles. The van der Waals surface area contributed by atoms with Crippen LogP contribution in [0.25, 0.3) is 0 Å². The largest absolute Gasteiger partial charge is 0.249 e. The third-order valence-electron chi connectivity index (χ3n) is 3.06. The second kappa shape index (κ2) is 7.05. The van der Waals surface area contributed by atoms with Gasteiger partial charge in [0.2, 0.25) is 0 Å². The SMILES string of the molecule is CC.CC(C)c1cnc(C2CCCCC2)s1. The first-order chi connectivity index (χ1) is 7.77. The van der Waals surface area contributed by atoms with Crippen LogP contribution in [0.3, 0.4) is 0 Å². The van der Waals surface area contributed by atoms with Gasteiger partial charge in [0, 0.05) is 17.0 Å². The molecule has 0 amide bonds. The van der Waals surface area contributed by atoms with E-state index in [-0.39, 0.29) is 0 Å². The molecule has 1 aromatic rings. The standard InChI is InChI=1S/C12H19NS.C2H6/c1-9(2)11-8-13-12(14-11)10-6-4-3-5-7-10;1-2/h8-10H,3-7H2,1-2H3;1-2H3. The van der Waals surface area contributed by atoms with Crippen LogP contribution in [-0.4, -0.2) is 4.98 Å². The van der Waals surface area contributed by atoms with Crippen molar-refractivity contribution in [2.24, 2.45) is 0 Å².